The van der Waals surface area contributed by atoms with Crippen LogP contribution in [0.15, 0.2) is 18.2 Å². The van der Waals surface area contributed by atoms with Gasteiger partial charge in [0, 0.05) is 5.02 Å². The molecule has 0 heterocycles. The van der Waals surface area contributed by atoms with Crippen LogP contribution in [0.5, 0.6) is 0 Å². The highest BCUT2D eigenvalue weighted by Crippen LogP contribution is 2.29. The van der Waals surface area contributed by atoms with E-state index < -0.39 is 6.10 Å². The maximum Gasteiger partial charge on any atom is 0.0776 e. The van der Waals surface area contributed by atoms with Gasteiger partial charge in [-0.05, 0) is 49.4 Å². The molecule has 0 bridgehead atoms. The number of halogens is 1. The number of rotatable bonds is 6. The van der Waals surface area contributed by atoms with Gasteiger partial charge in [-0.1, -0.05) is 37.1 Å². The topological polar surface area (TPSA) is 46.2 Å². The molecule has 0 spiro atoms. The van der Waals surface area contributed by atoms with Crippen molar-refractivity contribution in [3.63, 3.8) is 0 Å². The summed E-state index contributed by atoms with van der Waals surface area (Å²) in [6, 6.07) is 5.93. The molecule has 96 valence electrons. The maximum absolute atomic E-state index is 9.62. The zero-order chi connectivity index (χ0) is 12.8. The van der Waals surface area contributed by atoms with E-state index >= 15 is 0 Å². The standard InChI is InChI=1S/C14H22ClNO/c1-10(5-3-4-8-16)12-6-7-14(15)13(9-12)11(2)17/h6-7,9-11,17H,3-5,8,16H2,1-2H3. The number of hydrogen-bond acceptors (Lipinski definition) is 2. The van der Waals surface area contributed by atoms with Crippen LogP contribution >= 0.6 is 11.6 Å². The fourth-order valence-electron chi connectivity index (χ4n) is 1.95. The monoisotopic (exact) mass is 255 g/mol. The Bertz CT molecular complexity index is 352. The van der Waals surface area contributed by atoms with Gasteiger partial charge in [0.05, 0.1) is 6.10 Å². The Labute approximate surface area is 109 Å². The normalized spacial score (nSPS) is 14.6. The molecular weight excluding hydrogens is 234 g/mol. The van der Waals surface area contributed by atoms with Crippen LogP contribution in [0.4, 0.5) is 0 Å². The van der Waals surface area contributed by atoms with Gasteiger partial charge in [0.1, 0.15) is 0 Å². The highest BCUT2D eigenvalue weighted by atomic mass is 35.5. The van der Waals surface area contributed by atoms with Gasteiger partial charge in [0.2, 0.25) is 0 Å². The van der Waals surface area contributed by atoms with Crippen LogP contribution in [0, 0.1) is 0 Å². The summed E-state index contributed by atoms with van der Waals surface area (Å²) in [5.74, 6) is 0.483. The van der Waals surface area contributed by atoms with Gasteiger partial charge in [-0.25, -0.2) is 0 Å². The Morgan fingerprint density at radius 2 is 2.00 bits per heavy atom. The molecule has 3 N–H and O–H groups in total. The Morgan fingerprint density at radius 3 is 2.59 bits per heavy atom. The van der Waals surface area contributed by atoms with Gasteiger partial charge in [-0.15, -0.1) is 0 Å². The van der Waals surface area contributed by atoms with Crippen LogP contribution in [-0.4, -0.2) is 11.7 Å². The van der Waals surface area contributed by atoms with E-state index in [2.05, 4.69) is 6.92 Å². The largest absolute Gasteiger partial charge is 0.389 e. The smallest absolute Gasteiger partial charge is 0.0776 e. The minimum absolute atomic E-state index is 0.483. The SMILES string of the molecule is CC(O)c1cc(C(C)CCCCN)ccc1Cl. The van der Waals surface area contributed by atoms with Crippen molar-refractivity contribution < 1.29 is 5.11 Å². The van der Waals surface area contributed by atoms with Crippen molar-refractivity contribution in [2.45, 2.75) is 45.1 Å². The fourth-order valence-corrected chi connectivity index (χ4v) is 2.23. The molecule has 0 aliphatic heterocycles. The van der Waals surface area contributed by atoms with Gasteiger partial charge >= 0.3 is 0 Å². The van der Waals surface area contributed by atoms with E-state index in [1.165, 1.54) is 5.56 Å². The molecule has 0 amide bonds. The summed E-state index contributed by atoms with van der Waals surface area (Å²) in [6.07, 6.45) is 2.82. The van der Waals surface area contributed by atoms with Crippen molar-refractivity contribution in [3.8, 4) is 0 Å². The van der Waals surface area contributed by atoms with E-state index in [0.29, 0.717) is 10.9 Å². The molecule has 0 aromatic heterocycles. The van der Waals surface area contributed by atoms with E-state index in [1.54, 1.807) is 6.92 Å². The number of benzene rings is 1. The molecular formula is C14H22ClNO. The van der Waals surface area contributed by atoms with E-state index in [0.717, 1.165) is 31.4 Å². The molecule has 1 rings (SSSR count). The molecule has 17 heavy (non-hydrogen) atoms. The summed E-state index contributed by atoms with van der Waals surface area (Å²) in [5.41, 5.74) is 7.54. The summed E-state index contributed by atoms with van der Waals surface area (Å²) in [5, 5.41) is 10.3. The third-order valence-electron chi connectivity index (χ3n) is 3.13. The quantitative estimate of drug-likeness (QED) is 0.763. The minimum Gasteiger partial charge on any atom is -0.389 e. The van der Waals surface area contributed by atoms with E-state index in [1.807, 2.05) is 18.2 Å². The van der Waals surface area contributed by atoms with Gasteiger partial charge in [0.15, 0.2) is 0 Å². The summed E-state index contributed by atoms with van der Waals surface area (Å²) in [7, 11) is 0. The first-order valence-electron chi connectivity index (χ1n) is 6.23. The highest BCUT2D eigenvalue weighted by molar-refractivity contribution is 6.31. The zero-order valence-electron chi connectivity index (χ0n) is 10.6. The maximum atomic E-state index is 9.62. The molecule has 1 aromatic rings. The van der Waals surface area contributed by atoms with Crippen molar-refractivity contribution in [3.05, 3.63) is 34.3 Å². The van der Waals surface area contributed by atoms with Crippen molar-refractivity contribution in [2.24, 2.45) is 5.73 Å². The third-order valence-corrected chi connectivity index (χ3v) is 3.47. The van der Waals surface area contributed by atoms with Crippen molar-refractivity contribution in [2.75, 3.05) is 6.54 Å². The lowest BCUT2D eigenvalue weighted by Gasteiger charge is -2.15. The van der Waals surface area contributed by atoms with Crippen LogP contribution in [0.1, 0.15) is 56.3 Å². The van der Waals surface area contributed by atoms with Crippen molar-refractivity contribution >= 4 is 11.6 Å². The molecule has 0 aliphatic rings. The second-order valence-corrected chi connectivity index (χ2v) is 5.05. The molecule has 3 heteroatoms. The van der Waals surface area contributed by atoms with Gasteiger partial charge in [-0.3, -0.25) is 0 Å². The molecule has 0 saturated carbocycles. The molecule has 1 aromatic carbocycles. The van der Waals surface area contributed by atoms with Crippen LogP contribution < -0.4 is 5.73 Å². The van der Waals surface area contributed by atoms with Crippen LogP contribution in [0.3, 0.4) is 0 Å². The molecule has 0 saturated heterocycles. The van der Waals surface area contributed by atoms with Gasteiger partial charge < -0.3 is 10.8 Å². The third kappa shape index (κ3) is 4.30. The first kappa shape index (κ1) is 14.5. The molecule has 2 atom stereocenters. The Hall–Kier alpha value is -0.570. The predicted molar refractivity (Wildman–Crippen MR) is 73.4 cm³/mol. The Morgan fingerprint density at radius 1 is 1.29 bits per heavy atom. The lowest BCUT2D eigenvalue weighted by Crippen LogP contribution is -2.01. The number of aliphatic hydroxyl groups is 1. The first-order valence-corrected chi connectivity index (χ1v) is 6.61. The lowest BCUT2D eigenvalue weighted by atomic mass is 9.93. The van der Waals surface area contributed by atoms with Gasteiger partial charge in [-0.2, -0.15) is 0 Å². The summed E-state index contributed by atoms with van der Waals surface area (Å²) < 4.78 is 0. The van der Waals surface area contributed by atoms with Crippen molar-refractivity contribution in [1.29, 1.82) is 0 Å². The lowest BCUT2D eigenvalue weighted by molar-refractivity contribution is 0.199. The second kappa shape index (κ2) is 7.00. The first-order chi connectivity index (χ1) is 8.06. The van der Waals surface area contributed by atoms with Crippen LogP contribution in [0.25, 0.3) is 0 Å². The number of nitrogens with two attached hydrogens (primary N) is 1. The second-order valence-electron chi connectivity index (χ2n) is 4.64. The van der Waals surface area contributed by atoms with E-state index in [4.69, 9.17) is 17.3 Å². The number of aliphatic hydroxyl groups excluding tert-OH is 1. The predicted octanol–water partition coefficient (Wildman–Crippen LogP) is 3.63. The molecule has 0 radical (unpaired) electrons. The van der Waals surface area contributed by atoms with Crippen molar-refractivity contribution in [1.82, 2.24) is 0 Å². The zero-order valence-corrected chi connectivity index (χ0v) is 11.4. The summed E-state index contributed by atoms with van der Waals surface area (Å²) in [6.45, 7) is 4.70. The molecule has 0 fully saturated rings. The fraction of sp³-hybridized carbons (Fsp3) is 0.571. The van der Waals surface area contributed by atoms with Gasteiger partial charge in [0.25, 0.3) is 0 Å². The average Bonchev–Trinajstić information content (AvgIpc) is 2.29. The van der Waals surface area contributed by atoms with Crippen LogP contribution in [-0.2, 0) is 0 Å². The number of hydrogen-bond donors (Lipinski definition) is 2. The van der Waals surface area contributed by atoms with E-state index in [9.17, 15) is 5.11 Å². The minimum atomic E-state index is -0.515. The molecule has 2 unspecified atom stereocenters. The number of unbranched alkanes of at least 4 members (excludes halogenated alkanes) is 1. The molecule has 2 nitrogen and oxygen atoms in total. The average molecular weight is 256 g/mol. The highest BCUT2D eigenvalue weighted by Gasteiger charge is 2.11. The van der Waals surface area contributed by atoms with Crippen LogP contribution in [0.2, 0.25) is 5.02 Å². The van der Waals surface area contributed by atoms with E-state index in [-0.39, 0.29) is 0 Å². The summed E-state index contributed by atoms with van der Waals surface area (Å²) in [4.78, 5) is 0. The molecule has 0 aliphatic carbocycles. The summed E-state index contributed by atoms with van der Waals surface area (Å²) >= 11 is 6.05. The Kier molecular flexibility index (Phi) is 5.96. The Balaban J connectivity index is 2.73.